The van der Waals surface area contributed by atoms with Gasteiger partial charge in [-0.25, -0.2) is 0 Å². The van der Waals surface area contributed by atoms with Gasteiger partial charge in [0.15, 0.2) is 0 Å². The van der Waals surface area contributed by atoms with Crippen LogP contribution in [-0.4, -0.2) is 20.9 Å². The zero-order valence-electron chi connectivity index (χ0n) is 8.17. The van der Waals surface area contributed by atoms with Crippen LogP contribution < -0.4 is 0 Å². The van der Waals surface area contributed by atoms with Crippen molar-refractivity contribution in [3.63, 3.8) is 0 Å². The van der Waals surface area contributed by atoms with Crippen LogP contribution in [0.4, 0.5) is 0 Å². The summed E-state index contributed by atoms with van der Waals surface area (Å²) >= 11 is 1.57. The van der Waals surface area contributed by atoms with Gasteiger partial charge in [-0.3, -0.25) is 9.48 Å². The first-order valence-corrected chi connectivity index (χ1v) is 5.38. The summed E-state index contributed by atoms with van der Waals surface area (Å²) in [6.45, 7) is 0. The summed E-state index contributed by atoms with van der Waals surface area (Å²) in [4.78, 5) is 10.7. The molecular formula is C10H10N2O2S. The smallest absolute Gasteiger partial charge is 0.307 e. The Morgan fingerprint density at radius 2 is 2.47 bits per heavy atom. The number of rotatable bonds is 3. The molecular weight excluding hydrogens is 212 g/mol. The molecule has 0 saturated carbocycles. The van der Waals surface area contributed by atoms with Gasteiger partial charge in [0.1, 0.15) is 0 Å². The lowest BCUT2D eigenvalue weighted by Gasteiger charge is -1.95. The highest BCUT2D eigenvalue weighted by Gasteiger charge is 2.12. The predicted octanol–water partition coefficient (Wildman–Crippen LogP) is 1.78. The van der Waals surface area contributed by atoms with Crippen molar-refractivity contribution in [1.29, 1.82) is 0 Å². The van der Waals surface area contributed by atoms with Gasteiger partial charge in [-0.05, 0) is 11.4 Å². The van der Waals surface area contributed by atoms with Crippen molar-refractivity contribution < 1.29 is 9.90 Å². The Morgan fingerprint density at radius 1 is 1.67 bits per heavy atom. The van der Waals surface area contributed by atoms with Crippen LogP contribution in [0.5, 0.6) is 0 Å². The molecule has 4 nitrogen and oxygen atoms in total. The minimum atomic E-state index is -0.834. The quantitative estimate of drug-likeness (QED) is 0.861. The third kappa shape index (κ3) is 2.07. The van der Waals surface area contributed by atoms with Gasteiger partial charge in [0.2, 0.25) is 0 Å². The first kappa shape index (κ1) is 9.92. The van der Waals surface area contributed by atoms with Crippen molar-refractivity contribution in [3.05, 3.63) is 28.6 Å². The molecule has 0 saturated heterocycles. The van der Waals surface area contributed by atoms with E-state index in [1.807, 2.05) is 16.8 Å². The van der Waals surface area contributed by atoms with E-state index >= 15 is 0 Å². The number of carbonyl (C=O) groups is 1. The Balaban J connectivity index is 2.42. The molecule has 0 aromatic carbocycles. The van der Waals surface area contributed by atoms with Gasteiger partial charge in [0.25, 0.3) is 0 Å². The number of nitrogens with zero attached hydrogens (tertiary/aromatic N) is 2. The number of hydrogen-bond donors (Lipinski definition) is 1. The molecule has 0 aliphatic carbocycles. The minimum Gasteiger partial charge on any atom is -0.481 e. The number of aromatic nitrogens is 2. The molecule has 15 heavy (non-hydrogen) atoms. The van der Waals surface area contributed by atoms with E-state index < -0.39 is 5.97 Å². The van der Waals surface area contributed by atoms with E-state index in [1.54, 1.807) is 29.3 Å². The average molecular weight is 222 g/mol. The maximum Gasteiger partial charge on any atom is 0.307 e. The van der Waals surface area contributed by atoms with Gasteiger partial charge in [0.05, 0.1) is 12.1 Å². The van der Waals surface area contributed by atoms with E-state index in [2.05, 4.69) is 5.10 Å². The molecule has 0 radical (unpaired) electrons. The SMILES string of the molecule is Cn1cc(CC(=O)O)c(-c2ccsc2)n1. The van der Waals surface area contributed by atoms with Crippen LogP contribution in [0.25, 0.3) is 11.3 Å². The molecule has 0 bridgehead atoms. The van der Waals surface area contributed by atoms with Gasteiger partial charge < -0.3 is 5.11 Å². The van der Waals surface area contributed by atoms with E-state index in [4.69, 9.17) is 5.11 Å². The fourth-order valence-corrected chi connectivity index (χ4v) is 2.11. The molecule has 5 heteroatoms. The summed E-state index contributed by atoms with van der Waals surface area (Å²) in [5, 5.41) is 16.9. The molecule has 2 aromatic heterocycles. The van der Waals surface area contributed by atoms with Gasteiger partial charge in [0, 0.05) is 29.8 Å². The highest BCUT2D eigenvalue weighted by atomic mass is 32.1. The number of carboxylic acids is 1. The van der Waals surface area contributed by atoms with Crippen molar-refractivity contribution in [2.75, 3.05) is 0 Å². The molecule has 1 N–H and O–H groups in total. The lowest BCUT2D eigenvalue weighted by molar-refractivity contribution is -0.136. The predicted molar refractivity (Wildman–Crippen MR) is 57.9 cm³/mol. The Bertz CT molecular complexity index is 474. The van der Waals surface area contributed by atoms with E-state index in [1.165, 1.54) is 0 Å². The Kier molecular flexibility index (Phi) is 2.55. The molecule has 0 atom stereocenters. The number of carboxylic acid groups (broad SMARTS) is 1. The molecule has 2 aromatic rings. The van der Waals surface area contributed by atoms with Crippen LogP contribution >= 0.6 is 11.3 Å². The van der Waals surface area contributed by atoms with Crippen LogP contribution in [-0.2, 0) is 18.3 Å². The summed E-state index contributed by atoms with van der Waals surface area (Å²) in [5.74, 6) is -0.834. The van der Waals surface area contributed by atoms with Gasteiger partial charge >= 0.3 is 5.97 Å². The largest absolute Gasteiger partial charge is 0.481 e. The van der Waals surface area contributed by atoms with Crippen molar-refractivity contribution in [2.45, 2.75) is 6.42 Å². The van der Waals surface area contributed by atoms with E-state index in [-0.39, 0.29) is 6.42 Å². The molecule has 0 unspecified atom stereocenters. The summed E-state index contributed by atoms with van der Waals surface area (Å²) in [6.07, 6.45) is 1.76. The normalized spacial score (nSPS) is 10.5. The van der Waals surface area contributed by atoms with Crippen molar-refractivity contribution in [1.82, 2.24) is 9.78 Å². The first-order chi connectivity index (χ1) is 7.16. The monoisotopic (exact) mass is 222 g/mol. The standard InChI is InChI=1S/C10H10N2O2S/c1-12-5-8(4-9(13)14)10(11-12)7-2-3-15-6-7/h2-3,5-6H,4H2,1H3,(H,13,14). The summed E-state index contributed by atoms with van der Waals surface area (Å²) in [6, 6.07) is 1.94. The minimum absolute atomic E-state index is 0.0129. The van der Waals surface area contributed by atoms with E-state index in [0.717, 1.165) is 16.8 Å². The second-order valence-electron chi connectivity index (χ2n) is 3.26. The second kappa shape index (κ2) is 3.86. The molecule has 78 valence electrons. The van der Waals surface area contributed by atoms with Gasteiger partial charge in [-0.2, -0.15) is 16.4 Å². The third-order valence-corrected chi connectivity index (χ3v) is 2.72. The number of aryl methyl sites for hydroxylation is 1. The lowest BCUT2D eigenvalue weighted by Crippen LogP contribution is -2.00. The average Bonchev–Trinajstić information content (AvgIpc) is 2.72. The van der Waals surface area contributed by atoms with Crippen molar-refractivity contribution in [2.24, 2.45) is 7.05 Å². The maximum absolute atomic E-state index is 10.7. The highest BCUT2D eigenvalue weighted by molar-refractivity contribution is 7.08. The Labute approximate surface area is 90.8 Å². The molecule has 2 rings (SSSR count). The maximum atomic E-state index is 10.7. The van der Waals surface area contributed by atoms with Crippen LogP contribution in [0.3, 0.4) is 0 Å². The van der Waals surface area contributed by atoms with Gasteiger partial charge in [-0.1, -0.05) is 0 Å². The van der Waals surface area contributed by atoms with Crippen molar-refractivity contribution in [3.8, 4) is 11.3 Å². The number of thiophene rings is 1. The molecule has 0 aliphatic heterocycles. The topological polar surface area (TPSA) is 55.1 Å². The lowest BCUT2D eigenvalue weighted by atomic mass is 10.1. The molecule has 2 heterocycles. The van der Waals surface area contributed by atoms with Gasteiger partial charge in [-0.15, -0.1) is 0 Å². The van der Waals surface area contributed by atoms with Crippen LogP contribution in [0, 0.1) is 0 Å². The zero-order chi connectivity index (χ0) is 10.8. The fraction of sp³-hybridized carbons (Fsp3) is 0.200. The molecule has 0 amide bonds. The summed E-state index contributed by atoms with van der Waals surface area (Å²) in [5.41, 5.74) is 2.50. The Hall–Kier alpha value is -1.62. The zero-order valence-corrected chi connectivity index (χ0v) is 8.99. The van der Waals surface area contributed by atoms with Crippen LogP contribution in [0.1, 0.15) is 5.56 Å². The first-order valence-electron chi connectivity index (χ1n) is 4.43. The molecule has 0 aliphatic rings. The summed E-state index contributed by atoms with van der Waals surface area (Å²) < 4.78 is 1.64. The number of aliphatic carboxylic acids is 1. The number of hydrogen-bond acceptors (Lipinski definition) is 3. The highest BCUT2D eigenvalue weighted by Crippen LogP contribution is 2.24. The second-order valence-corrected chi connectivity index (χ2v) is 4.04. The third-order valence-electron chi connectivity index (χ3n) is 2.04. The Morgan fingerprint density at radius 3 is 3.07 bits per heavy atom. The van der Waals surface area contributed by atoms with E-state index in [0.29, 0.717) is 0 Å². The summed E-state index contributed by atoms with van der Waals surface area (Å²) in [7, 11) is 1.79. The molecule has 0 spiro atoms. The fourth-order valence-electron chi connectivity index (χ4n) is 1.47. The van der Waals surface area contributed by atoms with E-state index in [9.17, 15) is 4.79 Å². The van der Waals surface area contributed by atoms with Crippen molar-refractivity contribution >= 4 is 17.3 Å². The van der Waals surface area contributed by atoms with Crippen LogP contribution in [0.2, 0.25) is 0 Å². The molecule has 0 fully saturated rings. The van der Waals surface area contributed by atoms with Crippen LogP contribution in [0.15, 0.2) is 23.0 Å².